The van der Waals surface area contributed by atoms with Crippen LogP contribution in [0.2, 0.25) is 0 Å². The summed E-state index contributed by atoms with van der Waals surface area (Å²) < 4.78 is 4.04. The van der Waals surface area contributed by atoms with Gasteiger partial charge in [0.05, 0.1) is 33.1 Å². The fourth-order valence-electron chi connectivity index (χ4n) is 6.63. The van der Waals surface area contributed by atoms with Crippen molar-refractivity contribution in [2.45, 2.75) is 0 Å². The van der Waals surface area contributed by atoms with Gasteiger partial charge in [-0.15, -0.1) is 0 Å². The second kappa shape index (κ2) is 10.4. The lowest BCUT2D eigenvalue weighted by Crippen LogP contribution is -2.22. The summed E-state index contributed by atoms with van der Waals surface area (Å²) in [5.74, 6) is 0.591. The molecule has 0 fully saturated rings. The summed E-state index contributed by atoms with van der Waals surface area (Å²) in [6, 6.07) is 51.4. The average molecular weight is 591 g/mol. The molecule has 0 spiro atoms. The highest BCUT2D eigenvalue weighted by atomic mass is 16.1. The number of benzene rings is 6. The molecule has 6 aromatic carbocycles. The summed E-state index contributed by atoms with van der Waals surface area (Å²) in [6.45, 7) is 0. The van der Waals surface area contributed by atoms with E-state index in [1.807, 2.05) is 60.7 Å². The van der Waals surface area contributed by atoms with E-state index in [0.717, 1.165) is 39.0 Å². The van der Waals surface area contributed by atoms with Crippen LogP contribution in [0.5, 0.6) is 0 Å². The van der Waals surface area contributed by atoms with Crippen molar-refractivity contribution in [2.75, 3.05) is 0 Å². The number of hydrogen-bond donors (Lipinski definition) is 0. The Morgan fingerprint density at radius 1 is 0.457 bits per heavy atom. The molecule has 216 valence electrons. The van der Waals surface area contributed by atoms with Crippen LogP contribution in [-0.2, 0) is 0 Å². The highest BCUT2D eigenvalue weighted by Crippen LogP contribution is 2.35. The summed E-state index contributed by atoms with van der Waals surface area (Å²) in [5, 5.41) is 3.84. The van der Waals surface area contributed by atoms with Crippen molar-refractivity contribution in [3.8, 4) is 33.9 Å². The summed E-state index contributed by atoms with van der Waals surface area (Å²) in [4.78, 5) is 23.7. The molecular weight excluding hydrogens is 564 g/mol. The van der Waals surface area contributed by atoms with Crippen LogP contribution in [0.25, 0.3) is 77.5 Å². The van der Waals surface area contributed by atoms with Gasteiger partial charge < -0.3 is 4.57 Å². The fraction of sp³-hybridized carbons (Fsp3) is 0. The summed E-state index contributed by atoms with van der Waals surface area (Å²) >= 11 is 0. The molecule has 5 nitrogen and oxygen atoms in total. The van der Waals surface area contributed by atoms with Crippen LogP contribution >= 0.6 is 0 Å². The van der Waals surface area contributed by atoms with E-state index in [1.54, 1.807) is 10.8 Å². The molecule has 0 aliphatic heterocycles. The second-order valence-corrected chi connectivity index (χ2v) is 11.4. The van der Waals surface area contributed by atoms with E-state index in [2.05, 4.69) is 101 Å². The molecule has 3 aromatic heterocycles. The number of pyridine rings is 1. The van der Waals surface area contributed by atoms with E-state index in [4.69, 9.17) is 4.98 Å². The zero-order chi connectivity index (χ0) is 30.6. The van der Waals surface area contributed by atoms with Gasteiger partial charge in [0, 0.05) is 33.6 Å². The third-order valence-electron chi connectivity index (χ3n) is 8.80. The van der Waals surface area contributed by atoms with E-state index in [0.29, 0.717) is 16.7 Å². The highest BCUT2D eigenvalue weighted by Gasteiger charge is 2.17. The van der Waals surface area contributed by atoms with Gasteiger partial charge in [-0.1, -0.05) is 84.9 Å². The number of fused-ring (bicyclic) bond motifs is 6. The first-order valence-electron chi connectivity index (χ1n) is 15.3. The Balaban J connectivity index is 1.21. The molecule has 0 saturated heterocycles. The molecule has 0 atom stereocenters. The van der Waals surface area contributed by atoms with Crippen LogP contribution in [0.15, 0.2) is 163 Å². The van der Waals surface area contributed by atoms with Gasteiger partial charge in [0.2, 0.25) is 0 Å². The van der Waals surface area contributed by atoms with Crippen molar-refractivity contribution >= 4 is 43.6 Å². The van der Waals surface area contributed by atoms with Crippen molar-refractivity contribution in [1.82, 2.24) is 19.1 Å². The maximum absolute atomic E-state index is 14.1. The minimum absolute atomic E-state index is 0.110. The van der Waals surface area contributed by atoms with E-state index in [1.165, 1.54) is 21.8 Å². The molecule has 0 N–H and O–H groups in total. The van der Waals surface area contributed by atoms with Gasteiger partial charge in [-0.2, -0.15) is 0 Å². The number of para-hydroxylation sites is 3. The summed E-state index contributed by atoms with van der Waals surface area (Å²) in [7, 11) is 0. The first-order chi connectivity index (χ1) is 22.7. The van der Waals surface area contributed by atoms with E-state index < -0.39 is 0 Å². The predicted octanol–water partition coefficient (Wildman–Crippen LogP) is 9.36. The lowest BCUT2D eigenvalue weighted by atomic mass is 10.0. The molecule has 0 saturated carbocycles. The van der Waals surface area contributed by atoms with Crippen molar-refractivity contribution in [2.24, 2.45) is 0 Å². The van der Waals surface area contributed by atoms with Crippen LogP contribution in [0.1, 0.15) is 0 Å². The number of rotatable bonds is 4. The molecule has 46 heavy (non-hydrogen) atoms. The molecule has 0 aliphatic carbocycles. The predicted molar refractivity (Wildman–Crippen MR) is 188 cm³/mol. The van der Waals surface area contributed by atoms with E-state index >= 15 is 0 Å². The molecule has 0 aliphatic rings. The van der Waals surface area contributed by atoms with Gasteiger partial charge in [0.25, 0.3) is 5.56 Å². The summed E-state index contributed by atoms with van der Waals surface area (Å²) in [5.41, 5.74) is 8.68. The molecule has 0 radical (unpaired) electrons. The van der Waals surface area contributed by atoms with Crippen molar-refractivity contribution in [1.29, 1.82) is 0 Å². The molecule has 0 amide bonds. The number of aromatic nitrogens is 4. The Labute approximate surface area is 264 Å². The van der Waals surface area contributed by atoms with Gasteiger partial charge in [-0.25, -0.2) is 4.98 Å². The lowest BCUT2D eigenvalue weighted by molar-refractivity contribution is 0.977. The molecule has 9 aromatic rings. The van der Waals surface area contributed by atoms with E-state index in [-0.39, 0.29) is 5.56 Å². The minimum Gasteiger partial charge on any atom is -0.309 e. The van der Waals surface area contributed by atoms with Crippen LogP contribution in [0, 0.1) is 0 Å². The lowest BCUT2D eigenvalue weighted by Gasteiger charge is -2.15. The topological polar surface area (TPSA) is 52.7 Å². The summed E-state index contributed by atoms with van der Waals surface area (Å²) in [6.07, 6.45) is 1.76. The van der Waals surface area contributed by atoms with Crippen molar-refractivity contribution < 1.29 is 0 Å². The maximum atomic E-state index is 14.1. The Bertz CT molecular complexity index is 2640. The minimum atomic E-state index is -0.110. The van der Waals surface area contributed by atoms with Crippen LogP contribution in [-0.4, -0.2) is 19.1 Å². The van der Waals surface area contributed by atoms with Gasteiger partial charge in [-0.3, -0.25) is 14.3 Å². The SMILES string of the molecule is O=c1c2ccc3ncccc3c2nc(-c2ccc(-c3ccc4c(c3)c3ccccc3n4-c3ccccc3)cc2)n1-c1ccccc1. The third-order valence-corrected chi connectivity index (χ3v) is 8.80. The molecule has 3 heterocycles. The van der Waals surface area contributed by atoms with Gasteiger partial charge in [0.1, 0.15) is 5.82 Å². The quantitative estimate of drug-likeness (QED) is 0.192. The highest BCUT2D eigenvalue weighted by molar-refractivity contribution is 6.10. The smallest absolute Gasteiger partial charge is 0.266 e. The van der Waals surface area contributed by atoms with Crippen molar-refractivity contribution in [3.63, 3.8) is 0 Å². The Morgan fingerprint density at radius 2 is 1.09 bits per heavy atom. The van der Waals surface area contributed by atoms with Crippen molar-refractivity contribution in [3.05, 3.63) is 168 Å². The maximum Gasteiger partial charge on any atom is 0.266 e. The fourth-order valence-corrected chi connectivity index (χ4v) is 6.63. The normalized spacial score (nSPS) is 11.6. The monoisotopic (exact) mass is 590 g/mol. The van der Waals surface area contributed by atoms with Crippen LogP contribution < -0.4 is 5.56 Å². The molecular formula is C41H26N4O. The number of nitrogens with zero attached hydrogens (tertiary/aromatic N) is 4. The van der Waals surface area contributed by atoms with Crippen LogP contribution in [0.4, 0.5) is 0 Å². The first kappa shape index (κ1) is 26.1. The third kappa shape index (κ3) is 4.06. The number of hydrogen-bond acceptors (Lipinski definition) is 3. The Hall–Kier alpha value is -6.33. The molecule has 5 heteroatoms. The Kier molecular flexibility index (Phi) is 5.90. The molecule has 0 bridgehead atoms. The van der Waals surface area contributed by atoms with Crippen LogP contribution in [0.3, 0.4) is 0 Å². The van der Waals surface area contributed by atoms with E-state index in [9.17, 15) is 4.79 Å². The standard InChI is InChI=1S/C41H26N4O/c46-41-34-22-23-36-33(15-9-25-42-36)39(34)43-40(45(41)31-12-5-2-6-13-31)28-19-17-27(18-20-28)29-21-24-38-35(26-29)32-14-7-8-16-37(32)44(38)30-10-3-1-4-11-30/h1-26H. The van der Waals surface area contributed by atoms with Gasteiger partial charge in [0.15, 0.2) is 0 Å². The zero-order valence-electron chi connectivity index (χ0n) is 24.7. The Morgan fingerprint density at radius 3 is 1.87 bits per heavy atom. The second-order valence-electron chi connectivity index (χ2n) is 11.4. The van der Waals surface area contributed by atoms with Gasteiger partial charge >= 0.3 is 0 Å². The first-order valence-corrected chi connectivity index (χ1v) is 15.3. The van der Waals surface area contributed by atoms with Gasteiger partial charge in [-0.05, 0) is 77.9 Å². The zero-order valence-corrected chi connectivity index (χ0v) is 24.7. The molecule has 9 rings (SSSR count). The largest absolute Gasteiger partial charge is 0.309 e. The molecule has 0 unspecified atom stereocenters. The average Bonchev–Trinajstić information content (AvgIpc) is 3.46.